The molecule has 182 valence electrons. The van der Waals surface area contributed by atoms with Gasteiger partial charge in [-0.25, -0.2) is 9.78 Å². The fourth-order valence-corrected chi connectivity index (χ4v) is 4.23. The van der Waals surface area contributed by atoms with Crippen molar-refractivity contribution in [2.45, 2.75) is 64.7 Å². The van der Waals surface area contributed by atoms with Crippen LogP contribution < -0.4 is 15.5 Å². The van der Waals surface area contributed by atoms with Crippen molar-refractivity contribution in [3.63, 3.8) is 0 Å². The average molecular weight is 469 g/mol. The van der Waals surface area contributed by atoms with Gasteiger partial charge in [-0.3, -0.25) is 9.78 Å². The first kappa shape index (κ1) is 23.9. The lowest BCUT2D eigenvalue weighted by Gasteiger charge is -2.19. The standard InChI is InChI=1S/C24H32N6O4/c1-2-3-4-5-6-10-25-21-18-14-34-15-20(18)28-24(29-21)30-11-9-17(13-30)27-22(31)19-8-7-16(12-26-19)23(32)33/h7-8,12,17H,2-6,9-11,13-15H2,1H3,(H,27,31)(H,32,33)(H,25,28,29). The predicted molar refractivity (Wildman–Crippen MR) is 127 cm³/mol. The van der Waals surface area contributed by atoms with Crippen molar-refractivity contribution >= 4 is 23.6 Å². The number of amides is 1. The number of anilines is 2. The van der Waals surface area contributed by atoms with Crippen LogP contribution in [0.25, 0.3) is 0 Å². The first-order valence-electron chi connectivity index (χ1n) is 12.0. The first-order chi connectivity index (χ1) is 16.5. The van der Waals surface area contributed by atoms with Crippen molar-refractivity contribution < 1.29 is 19.4 Å². The Labute approximate surface area is 199 Å². The SMILES string of the molecule is CCCCCCCNc1nc(N2CCC(NC(=O)c3ccc(C(=O)O)cn3)C2)nc2c1COC2. The summed E-state index contributed by atoms with van der Waals surface area (Å²) in [6, 6.07) is 2.73. The number of hydrogen-bond donors (Lipinski definition) is 3. The second-order valence-electron chi connectivity index (χ2n) is 8.77. The quantitative estimate of drug-likeness (QED) is 0.426. The van der Waals surface area contributed by atoms with Crippen LogP contribution in [-0.2, 0) is 18.0 Å². The van der Waals surface area contributed by atoms with Crippen LogP contribution in [0.5, 0.6) is 0 Å². The molecule has 0 spiro atoms. The molecule has 4 heterocycles. The Balaban J connectivity index is 1.35. The zero-order chi connectivity index (χ0) is 23.9. The van der Waals surface area contributed by atoms with E-state index in [-0.39, 0.29) is 23.2 Å². The fraction of sp³-hybridized carbons (Fsp3) is 0.542. The second-order valence-corrected chi connectivity index (χ2v) is 8.77. The number of aromatic nitrogens is 3. The number of nitrogens with zero attached hydrogens (tertiary/aromatic N) is 4. The van der Waals surface area contributed by atoms with Gasteiger partial charge in [-0.1, -0.05) is 32.6 Å². The molecule has 0 aromatic carbocycles. The lowest BCUT2D eigenvalue weighted by Crippen LogP contribution is -2.37. The Hall–Kier alpha value is -3.27. The number of nitrogens with one attached hydrogen (secondary N) is 2. The largest absolute Gasteiger partial charge is 0.478 e. The smallest absolute Gasteiger partial charge is 0.337 e. The molecule has 2 aliphatic heterocycles. The molecule has 4 rings (SSSR count). The molecule has 10 nitrogen and oxygen atoms in total. The Kier molecular flexibility index (Phi) is 7.89. The van der Waals surface area contributed by atoms with E-state index in [1.807, 2.05) is 0 Å². The van der Waals surface area contributed by atoms with Gasteiger partial charge in [0.15, 0.2) is 0 Å². The molecule has 1 unspecified atom stereocenters. The Morgan fingerprint density at radius 2 is 2.03 bits per heavy atom. The Morgan fingerprint density at radius 3 is 2.79 bits per heavy atom. The molecule has 1 atom stereocenters. The summed E-state index contributed by atoms with van der Waals surface area (Å²) in [6.45, 7) is 5.43. The highest BCUT2D eigenvalue weighted by Crippen LogP contribution is 2.28. The number of carboxylic acid groups (broad SMARTS) is 1. The molecule has 1 saturated heterocycles. The van der Waals surface area contributed by atoms with Crippen LogP contribution in [0.1, 0.15) is 77.6 Å². The van der Waals surface area contributed by atoms with E-state index in [0.29, 0.717) is 25.7 Å². The monoisotopic (exact) mass is 468 g/mol. The number of carbonyl (C=O) groups is 2. The van der Waals surface area contributed by atoms with Crippen LogP contribution in [0.3, 0.4) is 0 Å². The summed E-state index contributed by atoms with van der Waals surface area (Å²) in [5, 5.41) is 15.4. The number of hydrogen-bond acceptors (Lipinski definition) is 8. The fourth-order valence-electron chi connectivity index (χ4n) is 4.23. The summed E-state index contributed by atoms with van der Waals surface area (Å²) >= 11 is 0. The molecule has 0 bridgehead atoms. The van der Waals surface area contributed by atoms with E-state index in [1.54, 1.807) is 0 Å². The number of fused-ring (bicyclic) bond motifs is 1. The van der Waals surface area contributed by atoms with Crippen LogP contribution >= 0.6 is 0 Å². The molecule has 10 heteroatoms. The number of pyridine rings is 1. The van der Waals surface area contributed by atoms with E-state index in [9.17, 15) is 9.59 Å². The van der Waals surface area contributed by atoms with Gasteiger partial charge in [-0.2, -0.15) is 4.98 Å². The average Bonchev–Trinajstić information content (AvgIpc) is 3.51. The summed E-state index contributed by atoms with van der Waals surface area (Å²) in [5.41, 5.74) is 2.21. The van der Waals surface area contributed by atoms with Gasteiger partial charge in [0, 0.05) is 37.4 Å². The van der Waals surface area contributed by atoms with Crippen LogP contribution in [0.2, 0.25) is 0 Å². The van der Waals surface area contributed by atoms with Crippen LogP contribution in [0, 0.1) is 0 Å². The van der Waals surface area contributed by atoms with E-state index in [1.165, 1.54) is 44.0 Å². The zero-order valence-corrected chi connectivity index (χ0v) is 19.5. The van der Waals surface area contributed by atoms with Gasteiger partial charge in [0.1, 0.15) is 11.5 Å². The third-order valence-electron chi connectivity index (χ3n) is 6.19. The number of aromatic carboxylic acids is 1. The van der Waals surface area contributed by atoms with Crippen molar-refractivity contribution in [1.82, 2.24) is 20.3 Å². The molecule has 3 N–H and O–H groups in total. The number of carboxylic acids is 1. The lowest BCUT2D eigenvalue weighted by molar-refractivity contribution is 0.0695. The Bertz CT molecular complexity index is 1010. The highest BCUT2D eigenvalue weighted by molar-refractivity contribution is 5.94. The van der Waals surface area contributed by atoms with E-state index in [0.717, 1.165) is 43.0 Å². The minimum absolute atomic E-state index is 0.0479. The number of ether oxygens (including phenoxy) is 1. The summed E-state index contributed by atoms with van der Waals surface area (Å²) in [5.74, 6) is 0.107. The molecule has 2 aromatic heterocycles. The van der Waals surface area contributed by atoms with Gasteiger partial charge < -0.3 is 25.4 Å². The molecule has 1 fully saturated rings. The van der Waals surface area contributed by atoms with Crippen molar-refractivity contribution in [3.8, 4) is 0 Å². The van der Waals surface area contributed by atoms with Crippen LogP contribution in [0.15, 0.2) is 18.3 Å². The van der Waals surface area contributed by atoms with Gasteiger partial charge in [0.05, 0.1) is 24.5 Å². The van der Waals surface area contributed by atoms with Gasteiger partial charge in [-0.05, 0) is 25.0 Å². The predicted octanol–water partition coefficient (Wildman–Crippen LogP) is 2.99. The van der Waals surface area contributed by atoms with Gasteiger partial charge in [0.25, 0.3) is 5.91 Å². The van der Waals surface area contributed by atoms with Gasteiger partial charge >= 0.3 is 5.97 Å². The van der Waals surface area contributed by atoms with Crippen molar-refractivity contribution in [2.75, 3.05) is 29.9 Å². The Morgan fingerprint density at radius 1 is 1.18 bits per heavy atom. The van der Waals surface area contributed by atoms with E-state index < -0.39 is 5.97 Å². The summed E-state index contributed by atoms with van der Waals surface area (Å²) in [6.07, 6.45) is 8.03. The molecule has 1 amide bonds. The maximum absolute atomic E-state index is 12.5. The minimum atomic E-state index is -1.07. The van der Waals surface area contributed by atoms with Gasteiger partial charge in [0.2, 0.25) is 5.95 Å². The lowest BCUT2D eigenvalue weighted by atomic mass is 10.1. The number of unbranched alkanes of at least 4 members (excludes halogenated alkanes) is 4. The van der Waals surface area contributed by atoms with Crippen LogP contribution in [0.4, 0.5) is 11.8 Å². The van der Waals surface area contributed by atoms with E-state index in [4.69, 9.17) is 19.8 Å². The maximum Gasteiger partial charge on any atom is 0.337 e. The molecule has 0 saturated carbocycles. The topological polar surface area (TPSA) is 130 Å². The first-order valence-corrected chi connectivity index (χ1v) is 12.0. The molecule has 0 radical (unpaired) electrons. The van der Waals surface area contributed by atoms with Gasteiger partial charge in [-0.15, -0.1) is 0 Å². The zero-order valence-electron chi connectivity index (χ0n) is 19.5. The van der Waals surface area contributed by atoms with Crippen molar-refractivity contribution in [1.29, 1.82) is 0 Å². The van der Waals surface area contributed by atoms with E-state index in [2.05, 4.69) is 27.4 Å². The molecular weight excluding hydrogens is 436 g/mol. The minimum Gasteiger partial charge on any atom is -0.478 e. The summed E-state index contributed by atoms with van der Waals surface area (Å²) < 4.78 is 5.62. The summed E-state index contributed by atoms with van der Waals surface area (Å²) in [7, 11) is 0. The highest BCUT2D eigenvalue weighted by atomic mass is 16.5. The van der Waals surface area contributed by atoms with Crippen molar-refractivity contribution in [2.24, 2.45) is 0 Å². The maximum atomic E-state index is 12.5. The molecule has 34 heavy (non-hydrogen) atoms. The molecule has 2 aliphatic rings. The van der Waals surface area contributed by atoms with E-state index >= 15 is 0 Å². The normalized spacial score (nSPS) is 17.0. The number of carbonyl (C=O) groups excluding carboxylic acids is 1. The summed E-state index contributed by atoms with van der Waals surface area (Å²) in [4.78, 5) is 39.1. The number of rotatable bonds is 11. The molecule has 0 aliphatic carbocycles. The van der Waals surface area contributed by atoms with Crippen molar-refractivity contribution in [3.05, 3.63) is 40.8 Å². The van der Waals surface area contributed by atoms with Crippen LogP contribution in [-0.4, -0.2) is 57.6 Å². The second kappa shape index (κ2) is 11.2. The third-order valence-corrected chi connectivity index (χ3v) is 6.19. The molecule has 2 aromatic rings. The highest BCUT2D eigenvalue weighted by Gasteiger charge is 2.29. The molecular formula is C24H32N6O4. The third kappa shape index (κ3) is 5.80.